The maximum Gasteiger partial charge on any atom is 0.269 e. The molecule has 0 unspecified atom stereocenters. The molecule has 1 aliphatic rings. The lowest BCUT2D eigenvalue weighted by Crippen LogP contribution is -2.42. The van der Waals surface area contributed by atoms with Crippen LogP contribution in [0.5, 0.6) is 5.75 Å². The predicted octanol–water partition coefficient (Wildman–Crippen LogP) is 1.04. The molecule has 0 bridgehead atoms. The Morgan fingerprint density at radius 2 is 2.09 bits per heavy atom. The standard InChI is InChI=1S/C14H17BrN2O5S/c1-22-12-3-2-10(7-11(12)15)14(19)17-16-13(18)6-9-4-5-23(20,21)8-9/h2-3,7,9H,4-6,8H2,1H3,(H,16,18)(H,17,19)/t9-/m1/s1. The van der Waals surface area contributed by atoms with E-state index in [2.05, 4.69) is 26.8 Å². The molecule has 0 spiro atoms. The highest BCUT2D eigenvalue weighted by atomic mass is 79.9. The fourth-order valence-electron chi connectivity index (χ4n) is 2.35. The molecule has 1 fully saturated rings. The third-order valence-electron chi connectivity index (χ3n) is 3.53. The molecule has 1 aromatic carbocycles. The summed E-state index contributed by atoms with van der Waals surface area (Å²) < 4.78 is 28.4. The molecule has 0 aliphatic carbocycles. The minimum Gasteiger partial charge on any atom is -0.496 e. The number of methoxy groups -OCH3 is 1. The van der Waals surface area contributed by atoms with E-state index in [1.54, 1.807) is 18.2 Å². The van der Waals surface area contributed by atoms with Gasteiger partial charge in [0, 0.05) is 12.0 Å². The molecule has 1 aliphatic heterocycles. The second-order valence-corrected chi connectivity index (χ2v) is 8.41. The molecule has 0 aromatic heterocycles. The van der Waals surface area contributed by atoms with Crippen molar-refractivity contribution in [1.29, 1.82) is 0 Å². The first kappa shape index (κ1) is 17.7. The van der Waals surface area contributed by atoms with Gasteiger partial charge in [-0.2, -0.15) is 0 Å². The molecule has 1 aromatic rings. The van der Waals surface area contributed by atoms with Crippen molar-refractivity contribution in [3.8, 4) is 5.75 Å². The van der Waals surface area contributed by atoms with E-state index in [0.717, 1.165) is 0 Å². The van der Waals surface area contributed by atoms with Gasteiger partial charge in [0.25, 0.3) is 5.91 Å². The lowest BCUT2D eigenvalue weighted by molar-refractivity contribution is -0.122. The van der Waals surface area contributed by atoms with Gasteiger partial charge in [0.2, 0.25) is 5.91 Å². The van der Waals surface area contributed by atoms with Crippen molar-refractivity contribution in [3.05, 3.63) is 28.2 Å². The summed E-state index contributed by atoms with van der Waals surface area (Å²) in [6.45, 7) is 0. The van der Waals surface area contributed by atoms with Crippen LogP contribution in [0.1, 0.15) is 23.2 Å². The summed E-state index contributed by atoms with van der Waals surface area (Å²) in [5.41, 5.74) is 4.96. The maximum absolute atomic E-state index is 12.0. The van der Waals surface area contributed by atoms with Crippen LogP contribution in [0, 0.1) is 5.92 Å². The monoisotopic (exact) mass is 404 g/mol. The molecule has 1 atom stereocenters. The molecule has 0 radical (unpaired) electrons. The van der Waals surface area contributed by atoms with Gasteiger partial charge in [-0.3, -0.25) is 20.4 Å². The van der Waals surface area contributed by atoms with E-state index in [-0.39, 0.29) is 23.8 Å². The van der Waals surface area contributed by atoms with Gasteiger partial charge in [0.1, 0.15) is 5.75 Å². The molecule has 1 heterocycles. The SMILES string of the molecule is COc1ccc(C(=O)NNC(=O)C[C@H]2CCS(=O)(=O)C2)cc1Br. The third-order valence-corrected chi connectivity index (χ3v) is 5.99. The number of hydrogen-bond donors (Lipinski definition) is 2. The fraction of sp³-hybridized carbons (Fsp3) is 0.429. The summed E-state index contributed by atoms with van der Waals surface area (Å²) in [5, 5.41) is 0. The van der Waals surface area contributed by atoms with Gasteiger partial charge >= 0.3 is 0 Å². The van der Waals surface area contributed by atoms with Gasteiger partial charge in [0.15, 0.2) is 9.84 Å². The number of rotatable bonds is 4. The second kappa shape index (κ2) is 7.31. The molecule has 126 valence electrons. The zero-order chi connectivity index (χ0) is 17.0. The highest BCUT2D eigenvalue weighted by Gasteiger charge is 2.29. The fourth-order valence-corrected chi connectivity index (χ4v) is 4.76. The Hall–Kier alpha value is -1.61. The Morgan fingerprint density at radius 3 is 2.65 bits per heavy atom. The Balaban J connectivity index is 1.84. The number of sulfone groups is 1. The normalized spacial score (nSPS) is 19.1. The average Bonchev–Trinajstić information content (AvgIpc) is 2.83. The number of carbonyl (C=O) groups is 2. The van der Waals surface area contributed by atoms with Crippen LogP contribution in [0.15, 0.2) is 22.7 Å². The molecular weight excluding hydrogens is 388 g/mol. The number of halogens is 1. The van der Waals surface area contributed by atoms with Gasteiger partial charge in [-0.25, -0.2) is 8.42 Å². The number of ether oxygens (including phenoxy) is 1. The molecule has 7 nitrogen and oxygen atoms in total. The van der Waals surface area contributed by atoms with Crippen LogP contribution in [0.25, 0.3) is 0 Å². The van der Waals surface area contributed by atoms with Crippen LogP contribution >= 0.6 is 15.9 Å². The van der Waals surface area contributed by atoms with Crippen LogP contribution in [0.2, 0.25) is 0 Å². The summed E-state index contributed by atoms with van der Waals surface area (Å²) in [6, 6.07) is 4.77. The molecule has 2 N–H and O–H groups in total. The molecule has 9 heteroatoms. The van der Waals surface area contributed by atoms with E-state index in [0.29, 0.717) is 22.2 Å². The minimum atomic E-state index is -3.01. The number of benzene rings is 1. The first-order valence-corrected chi connectivity index (χ1v) is 9.55. The second-order valence-electron chi connectivity index (χ2n) is 5.32. The van der Waals surface area contributed by atoms with Crippen LogP contribution in [-0.2, 0) is 14.6 Å². The summed E-state index contributed by atoms with van der Waals surface area (Å²) in [6.07, 6.45) is 0.556. The van der Waals surface area contributed by atoms with Crippen molar-refractivity contribution >= 4 is 37.6 Å². The van der Waals surface area contributed by atoms with E-state index in [4.69, 9.17) is 4.74 Å². The van der Waals surface area contributed by atoms with Crippen molar-refractivity contribution in [2.24, 2.45) is 5.92 Å². The number of hydrogen-bond acceptors (Lipinski definition) is 5. The van der Waals surface area contributed by atoms with Crippen LogP contribution in [-0.4, -0.2) is 38.8 Å². The minimum absolute atomic E-state index is 0.0276. The number of hydrazine groups is 1. The lowest BCUT2D eigenvalue weighted by Gasteiger charge is -2.11. The third kappa shape index (κ3) is 4.93. The number of carbonyl (C=O) groups excluding carboxylic acids is 2. The number of nitrogens with one attached hydrogen (secondary N) is 2. The van der Waals surface area contributed by atoms with E-state index in [9.17, 15) is 18.0 Å². The van der Waals surface area contributed by atoms with Crippen LogP contribution in [0.4, 0.5) is 0 Å². The highest BCUT2D eigenvalue weighted by molar-refractivity contribution is 9.10. The largest absolute Gasteiger partial charge is 0.496 e. The summed E-state index contributed by atoms with van der Waals surface area (Å²) in [7, 11) is -1.49. The van der Waals surface area contributed by atoms with Gasteiger partial charge in [-0.05, 0) is 46.5 Å². The average molecular weight is 405 g/mol. The molecule has 2 rings (SSSR count). The maximum atomic E-state index is 12.0. The van der Waals surface area contributed by atoms with Crippen LogP contribution in [0.3, 0.4) is 0 Å². The molecule has 0 saturated carbocycles. The Bertz CT molecular complexity index is 720. The Kier molecular flexibility index (Phi) is 5.64. The number of amides is 2. The molecular formula is C14H17BrN2O5S. The highest BCUT2D eigenvalue weighted by Crippen LogP contribution is 2.25. The zero-order valence-corrected chi connectivity index (χ0v) is 14.9. The van der Waals surface area contributed by atoms with Crippen molar-refractivity contribution in [3.63, 3.8) is 0 Å². The smallest absolute Gasteiger partial charge is 0.269 e. The van der Waals surface area contributed by atoms with Crippen LogP contribution < -0.4 is 15.6 Å². The van der Waals surface area contributed by atoms with Crippen molar-refractivity contribution < 1.29 is 22.7 Å². The van der Waals surface area contributed by atoms with Gasteiger partial charge < -0.3 is 4.74 Å². The first-order valence-electron chi connectivity index (χ1n) is 6.94. The predicted molar refractivity (Wildman–Crippen MR) is 87.7 cm³/mol. The van der Waals surface area contributed by atoms with E-state index < -0.39 is 21.7 Å². The summed E-state index contributed by atoms with van der Waals surface area (Å²) in [5.74, 6) is -0.328. The van der Waals surface area contributed by atoms with E-state index >= 15 is 0 Å². The van der Waals surface area contributed by atoms with Crippen molar-refractivity contribution in [2.45, 2.75) is 12.8 Å². The summed E-state index contributed by atoms with van der Waals surface area (Å²) >= 11 is 3.28. The molecule has 23 heavy (non-hydrogen) atoms. The zero-order valence-electron chi connectivity index (χ0n) is 12.5. The Labute approximate surface area is 142 Å². The lowest BCUT2D eigenvalue weighted by atomic mass is 10.1. The van der Waals surface area contributed by atoms with E-state index in [1.165, 1.54) is 7.11 Å². The van der Waals surface area contributed by atoms with E-state index in [1.807, 2.05) is 0 Å². The Morgan fingerprint density at radius 1 is 1.35 bits per heavy atom. The molecule has 2 amide bonds. The quantitative estimate of drug-likeness (QED) is 0.730. The summed E-state index contributed by atoms with van der Waals surface area (Å²) in [4.78, 5) is 23.7. The molecule has 1 saturated heterocycles. The first-order chi connectivity index (χ1) is 10.8. The van der Waals surface area contributed by atoms with Gasteiger partial charge in [0.05, 0.1) is 23.1 Å². The topological polar surface area (TPSA) is 102 Å². The van der Waals surface area contributed by atoms with Gasteiger partial charge in [-0.1, -0.05) is 0 Å². The van der Waals surface area contributed by atoms with Crippen molar-refractivity contribution in [1.82, 2.24) is 10.9 Å². The van der Waals surface area contributed by atoms with Crippen molar-refractivity contribution in [2.75, 3.05) is 18.6 Å². The van der Waals surface area contributed by atoms with Gasteiger partial charge in [-0.15, -0.1) is 0 Å².